The van der Waals surface area contributed by atoms with Crippen molar-refractivity contribution in [2.45, 2.75) is 39.2 Å². The number of nitrogens with one attached hydrogen (secondary N) is 3. The number of carbonyl (C=O) groups excluding carboxylic acids is 1. The lowest BCUT2D eigenvalue weighted by molar-refractivity contribution is 0.249. The van der Waals surface area contributed by atoms with E-state index in [1.807, 2.05) is 61.5 Å². The first-order valence-corrected chi connectivity index (χ1v) is 10.6. The fourth-order valence-electron chi connectivity index (χ4n) is 3.58. The van der Waals surface area contributed by atoms with E-state index >= 15 is 0 Å². The number of anilines is 2. The van der Waals surface area contributed by atoms with Crippen LogP contribution >= 0.6 is 0 Å². The van der Waals surface area contributed by atoms with Gasteiger partial charge in [0.1, 0.15) is 5.82 Å². The summed E-state index contributed by atoms with van der Waals surface area (Å²) in [6, 6.07) is 19.2. The Hall–Kier alpha value is -3.87. The van der Waals surface area contributed by atoms with Gasteiger partial charge in [-0.15, -0.1) is 0 Å². The quantitative estimate of drug-likeness (QED) is 0.349. The Morgan fingerprint density at radius 3 is 2.41 bits per heavy atom. The van der Waals surface area contributed by atoms with E-state index in [9.17, 15) is 4.79 Å². The van der Waals surface area contributed by atoms with Crippen molar-refractivity contribution in [3.8, 4) is 11.1 Å². The monoisotopic (exact) mass is 428 g/mol. The van der Waals surface area contributed by atoms with Crippen LogP contribution in [0.5, 0.6) is 0 Å². The fourth-order valence-corrected chi connectivity index (χ4v) is 3.58. The van der Waals surface area contributed by atoms with E-state index < -0.39 is 0 Å². The van der Waals surface area contributed by atoms with Crippen molar-refractivity contribution in [3.63, 3.8) is 0 Å². The van der Waals surface area contributed by atoms with Gasteiger partial charge >= 0.3 is 6.03 Å². The molecule has 0 aliphatic heterocycles. The van der Waals surface area contributed by atoms with E-state index in [-0.39, 0.29) is 17.5 Å². The van der Waals surface area contributed by atoms with Crippen molar-refractivity contribution in [3.05, 3.63) is 71.9 Å². The Morgan fingerprint density at radius 1 is 1.06 bits per heavy atom. The second-order valence-electron chi connectivity index (χ2n) is 8.95. The summed E-state index contributed by atoms with van der Waals surface area (Å²) in [4.78, 5) is 17.1. The number of aromatic amines is 1. The summed E-state index contributed by atoms with van der Waals surface area (Å²) < 4.78 is 0. The minimum Gasteiger partial charge on any atom is -0.383 e. The molecule has 2 amide bonds. The van der Waals surface area contributed by atoms with Gasteiger partial charge in [0.05, 0.1) is 11.4 Å². The van der Waals surface area contributed by atoms with Crippen LogP contribution in [0, 0.1) is 0 Å². The SMILES string of the molecule is CC(NC(=O)Nc1ccc(-c2cc(C(C)(C)C)nc3n[nH]c(N)c23)cc1)c1ccccc1. The molecule has 4 aromatic rings. The molecular weight excluding hydrogens is 400 g/mol. The lowest BCUT2D eigenvalue weighted by Gasteiger charge is -2.19. The number of hydrogen-bond donors (Lipinski definition) is 4. The molecule has 164 valence electrons. The first kappa shape index (κ1) is 21.4. The van der Waals surface area contributed by atoms with E-state index in [4.69, 9.17) is 5.73 Å². The van der Waals surface area contributed by atoms with E-state index in [1.54, 1.807) is 0 Å². The average molecular weight is 429 g/mol. The second-order valence-corrected chi connectivity index (χ2v) is 8.95. The van der Waals surface area contributed by atoms with Gasteiger partial charge in [-0.25, -0.2) is 9.78 Å². The number of nitrogens with two attached hydrogens (primary N) is 1. The highest BCUT2D eigenvalue weighted by molar-refractivity contribution is 6.00. The topological polar surface area (TPSA) is 109 Å². The number of amides is 2. The van der Waals surface area contributed by atoms with Gasteiger partial charge in [0, 0.05) is 16.8 Å². The number of nitrogen functional groups attached to an aromatic ring is 1. The summed E-state index contributed by atoms with van der Waals surface area (Å²) in [5.74, 6) is 0.486. The maximum Gasteiger partial charge on any atom is 0.319 e. The van der Waals surface area contributed by atoms with Gasteiger partial charge in [0.15, 0.2) is 5.65 Å². The summed E-state index contributed by atoms with van der Waals surface area (Å²) in [6.45, 7) is 8.30. The van der Waals surface area contributed by atoms with Crippen LogP contribution in [-0.4, -0.2) is 21.2 Å². The van der Waals surface area contributed by atoms with E-state index in [2.05, 4.69) is 52.7 Å². The van der Waals surface area contributed by atoms with Gasteiger partial charge in [0.25, 0.3) is 0 Å². The van der Waals surface area contributed by atoms with Crippen LogP contribution in [0.4, 0.5) is 16.3 Å². The van der Waals surface area contributed by atoms with Gasteiger partial charge in [-0.3, -0.25) is 5.10 Å². The lowest BCUT2D eigenvalue weighted by atomic mass is 9.89. The molecule has 7 nitrogen and oxygen atoms in total. The molecule has 7 heteroatoms. The number of fused-ring (bicyclic) bond motifs is 1. The molecule has 1 unspecified atom stereocenters. The third-order valence-corrected chi connectivity index (χ3v) is 5.42. The molecule has 0 aliphatic carbocycles. The number of hydrogen-bond acceptors (Lipinski definition) is 4. The van der Waals surface area contributed by atoms with Crippen molar-refractivity contribution in [1.82, 2.24) is 20.5 Å². The highest BCUT2D eigenvalue weighted by Crippen LogP contribution is 2.34. The van der Waals surface area contributed by atoms with Crippen molar-refractivity contribution in [1.29, 1.82) is 0 Å². The van der Waals surface area contributed by atoms with Gasteiger partial charge in [-0.05, 0) is 41.8 Å². The first-order chi connectivity index (χ1) is 15.2. The average Bonchev–Trinajstić information content (AvgIpc) is 3.14. The Labute approximate surface area is 187 Å². The van der Waals surface area contributed by atoms with Crippen LogP contribution in [0.1, 0.15) is 45.0 Å². The van der Waals surface area contributed by atoms with Crippen LogP contribution in [0.2, 0.25) is 0 Å². The molecule has 0 radical (unpaired) electrons. The summed E-state index contributed by atoms with van der Waals surface area (Å²) in [7, 11) is 0. The normalized spacial score (nSPS) is 12.5. The number of urea groups is 1. The second kappa shape index (κ2) is 8.34. The number of nitrogens with zero attached hydrogens (tertiary/aromatic N) is 2. The van der Waals surface area contributed by atoms with Crippen LogP contribution in [0.15, 0.2) is 60.7 Å². The summed E-state index contributed by atoms with van der Waals surface area (Å²) in [5.41, 5.74) is 11.2. The molecule has 4 rings (SSSR count). The minimum absolute atomic E-state index is 0.0968. The Kier molecular flexibility index (Phi) is 5.57. The van der Waals surface area contributed by atoms with Gasteiger partial charge < -0.3 is 16.4 Å². The van der Waals surface area contributed by atoms with Gasteiger partial charge in [0.2, 0.25) is 0 Å². The molecule has 5 N–H and O–H groups in total. The maximum atomic E-state index is 12.4. The van der Waals surface area contributed by atoms with E-state index in [0.717, 1.165) is 27.8 Å². The predicted octanol–water partition coefficient (Wildman–Crippen LogP) is 5.39. The van der Waals surface area contributed by atoms with Crippen molar-refractivity contribution >= 4 is 28.6 Å². The Morgan fingerprint density at radius 2 is 1.75 bits per heavy atom. The molecule has 0 spiro atoms. The van der Waals surface area contributed by atoms with Crippen LogP contribution in [0.25, 0.3) is 22.2 Å². The van der Waals surface area contributed by atoms with Gasteiger partial charge in [-0.2, -0.15) is 5.10 Å². The molecule has 0 fully saturated rings. The lowest BCUT2D eigenvalue weighted by Crippen LogP contribution is -2.31. The predicted molar refractivity (Wildman–Crippen MR) is 129 cm³/mol. The Balaban J connectivity index is 1.56. The number of pyridine rings is 1. The smallest absolute Gasteiger partial charge is 0.319 e. The first-order valence-electron chi connectivity index (χ1n) is 10.6. The molecule has 0 saturated carbocycles. The van der Waals surface area contributed by atoms with E-state index in [0.29, 0.717) is 17.2 Å². The van der Waals surface area contributed by atoms with E-state index in [1.165, 1.54) is 0 Å². The molecule has 0 aliphatic rings. The van der Waals surface area contributed by atoms with Crippen molar-refractivity contribution < 1.29 is 4.79 Å². The molecule has 0 bridgehead atoms. The molecule has 1 atom stereocenters. The molecule has 2 aromatic carbocycles. The zero-order valence-electron chi connectivity index (χ0n) is 18.7. The summed E-state index contributed by atoms with van der Waals surface area (Å²) in [5, 5.41) is 13.7. The largest absolute Gasteiger partial charge is 0.383 e. The zero-order chi connectivity index (χ0) is 22.9. The fraction of sp³-hybridized carbons (Fsp3) is 0.240. The third kappa shape index (κ3) is 4.42. The molecule has 2 aromatic heterocycles. The zero-order valence-corrected chi connectivity index (χ0v) is 18.7. The van der Waals surface area contributed by atoms with Crippen LogP contribution in [0.3, 0.4) is 0 Å². The minimum atomic E-state index is -0.255. The third-order valence-electron chi connectivity index (χ3n) is 5.42. The van der Waals surface area contributed by atoms with Crippen LogP contribution < -0.4 is 16.4 Å². The number of H-pyrrole nitrogens is 1. The Bertz CT molecular complexity index is 1240. The van der Waals surface area contributed by atoms with Gasteiger partial charge in [-0.1, -0.05) is 63.2 Å². The highest BCUT2D eigenvalue weighted by atomic mass is 16.2. The van der Waals surface area contributed by atoms with Crippen LogP contribution in [-0.2, 0) is 5.41 Å². The van der Waals surface area contributed by atoms with Crippen molar-refractivity contribution in [2.24, 2.45) is 0 Å². The molecular formula is C25H28N6O. The molecule has 32 heavy (non-hydrogen) atoms. The number of aromatic nitrogens is 3. The summed E-state index contributed by atoms with van der Waals surface area (Å²) in [6.07, 6.45) is 0. The highest BCUT2D eigenvalue weighted by Gasteiger charge is 2.21. The number of benzene rings is 2. The standard InChI is InChI=1S/C25H28N6O/c1-15(16-8-6-5-7-9-16)27-24(32)28-18-12-10-17(11-13-18)19-14-20(25(2,3)4)29-23-21(19)22(26)30-31-23/h5-15H,1-4H3,(H2,27,28,32)(H3,26,29,30,31). The molecule has 2 heterocycles. The number of rotatable bonds is 4. The van der Waals surface area contributed by atoms with Crippen molar-refractivity contribution in [2.75, 3.05) is 11.1 Å². The molecule has 0 saturated heterocycles. The maximum absolute atomic E-state index is 12.4. The number of carbonyl (C=O) groups is 1. The summed E-state index contributed by atoms with van der Waals surface area (Å²) >= 11 is 0.